The number of allylic oxidation sites excluding steroid dienone is 1. The van der Waals surface area contributed by atoms with Crippen molar-refractivity contribution < 1.29 is 23.9 Å². The molecule has 106 valence electrons. The average Bonchev–Trinajstić information content (AvgIpc) is 2.41. The standard InChI is InChI=1S/C13H19NO5/c1-4-5-6-7-8-10(13(17)19-3)14-11(15)9-12(16)18-2/h5,10H,1,6-9H2,2-3H3,(H,14,15)/t10-/m0/s1. The largest absolute Gasteiger partial charge is 0.469 e. The minimum Gasteiger partial charge on any atom is -0.469 e. The minimum atomic E-state index is -0.764. The van der Waals surface area contributed by atoms with Crippen LogP contribution in [-0.4, -0.2) is 38.1 Å². The van der Waals surface area contributed by atoms with Gasteiger partial charge in [-0.3, -0.25) is 9.59 Å². The Labute approximate surface area is 112 Å². The lowest BCUT2D eigenvalue weighted by molar-refractivity contribution is -0.148. The Morgan fingerprint density at radius 3 is 2.53 bits per heavy atom. The molecular weight excluding hydrogens is 250 g/mol. The van der Waals surface area contributed by atoms with Crippen LogP contribution < -0.4 is 5.32 Å². The summed E-state index contributed by atoms with van der Waals surface area (Å²) in [5.41, 5.74) is 2.62. The van der Waals surface area contributed by atoms with Crippen molar-refractivity contribution in [3.8, 4) is 0 Å². The van der Waals surface area contributed by atoms with Crippen LogP contribution in [-0.2, 0) is 23.9 Å². The summed E-state index contributed by atoms with van der Waals surface area (Å²) in [6, 6.07) is -0.764. The number of hydrogen-bond acceptors (Lipinski definition) is 5. The second kappa shape index (κ2) is 9.91. The number of esters is 2. The summed E-state index contributed by atoms with van der Waals surface area (Å²) in [5.74, 6) is -1.77. The quantitative estimate of drug-likeness (QED) is 0.304. The summed E-state index contributed by atoms with van der Waals surface area (Å²) >= 11 is 0. The second-order valence-corrected chi connectivity index (χ2v) is 3.74. The van der Waals surface area contributed by atoms with Gasteiger partial charge in [-0.1, -0.05) is 6.58 Å². The van der Waals surface area contributed by atoms with E-state index in [9.17, 15) is 14.4 Å². The summed E-state index contributed by atoms with van der Waals surface area (Å²) in [7, 11) is 2.43. The maximum atomic E-state index is 11.5. The lowest BCUT2D eigenvalue weighted by atomic mass is 10.1. The first-order chi connectivity index (χ1) is 9.04. The smallest absolute Gasteiger partial charge is 0.328 e. The fourth-order valence-electron chi connectivity index (χ4n) is 1.37. The van der Waals surface area contributed by atoms with E-state index in [-0.39, 0.29) is 0 Å². The highest BCUT2D eigenvalue weighted by Gasteiger charge is 2.22. The molecule has 0 aromatic carbocycles. The Hall–Kier alpha value is -2.07. The number of rotatable bonds is 8. The third-order valence-corrected chi connectivity index (χ3v) is 2.34. The molecule has 0 aromatic rings. The number of unbranched alkanes of at least 4 members (excludes halogenated alkanes) is 1. The molecule has 0 unspecified atom stereocenters. The van der Waals surface area contributed by atoms with Crippen LogP contribution in [0.3, 0.4) is 0 Å². The molecule has 0 aliphatic carbocycles. The van der Waals surface area contributed by atoms with E-state index in [2.05, 4.69) is 27.1 Å². The molecule has 19 heavy (non-hydrogen) atoms. The zero-order chi connectivity index (χ0) is 14.7. The fourth-order valence-corrected chi connectivity index (χ4v) is 1.37. The predicted octanol–water partition coefficient (Wildman–Crippen LogP) is 0.719. The Balaban J connectivity index is 4.33. The molecule has 0 heterocycles. The zero-order valence-corrected chi connectivity index (χ0v) is 11.2. The molecule has 6 nitrogen and oxygen atoms in total. The molecule has 0 rings (SSSR count). The summed E-state index contributed by atoms with van der Waals surface area (Å²) in [6.45, 7) is 3.43. The maximum Gasteiger partial charge on any atom is 0.328 e. The van der Waals surface area contributed by atoms with Crippen molar-refractivity contribution in [2.45, 2.75) is 31.7 Å². The van der Waals surface area contributed by atoms with Crippen molar-refractivity contribution in [2.24, 2.45) is 0 Å². The molecule has 0 saturated heterocycles. The molecule has 0 aliphatic heterocycles. The Kier molecular flexibility index (Phi) is 8.83. The fraction of sp³-hybridized carbons (Fsp3) is 0.538. The van der Waals surface area contributed by atoms with Gasteiger partial charge in [0.1, 0.15) is 12.5 Å². The van der Waals surface area contributed by atoms with E-state index in [4.69, 9.17) is 0 Å². The van der Waals surface area contributed by atoms with Gasteiger partial charge in [-0.25, -0.2) is 4.79 Å². The normalized spacial score (nSPS) is 10.8. The molecule has 6 heteroatoms. The molecule has 0 aromatic heterocycles. The van der Waals surface area contributed by atoms with Crippen molar-refractivity contribution in [3.63, 3.8) is 0 Å². The summed E-state index contributed by atoms with van der Waals surface area (Å²) in [5, 5.41) is 2.45. The first-order valence-corrected chi connectivity index (χ1v) is 5.83. The van der Waals surface area contributed by atoms with E-state index in [1.54, 1.807) is 6.08 Å². The van der Waals surface area contributed by atoms with Gasteiger partial charge in [0.2, 0.25) is 5.91 Å². The van der Waals surface area contributed by atoms with E-state index < -0.39 is 30.3 Å². The van der Waals surface area contributed by atoms with Crippen LogP contribution in [0, 0.1) is 0 Å². The van der Waals surface area contributed by atoms with Gasteiger partial charge in [-0.2, -0.15) is 0 Å². The van der Waals surface area contributed by atoms with Crippen molar-refractivity contribution in [2.75, 3.05) is 14.2 Å². The van der Waals surface area contributed by atoms with E-state index in [1.165, 1.54) is 14.2 Å². The molecule has 0 radical (unpaired) electrons. The SMILES string of the molecule is C=C=CCCC[C@H](NC(=O)CC(=O)OC)C(=O)OC. The van der Waals surface area contributed by atoms with Crippen LogP contribution in [0.15, 0.2) is 18.4 Å². The van der Waals surface area contributed by atoms with Crippen LogP contribution in [0.25, 0.3) is 0 Å². The minimum absolute atomic E-state index is 0.414. The van der Waals surface area contributed by atoms with Crippen molar-refractivity contribution in [1.29, 1.82) is 0 Å². The number of hydrogen-bond donors (Lipinski definition) is 1. The highest BCUT2D eigenvalue weighted by atomic mass is 16.5. The summed E-state index contributed by atoms with van der Waals surface area (Å²) in [4.78, 5) is 33.9. The first-order valence-electron chi connectivity index (χ1n) is 5.83. The molecule has 1 amide bonds. The van der Waals surface area contributed by atoms with E-state index in [0.29, 0.717) is 19.3 Å². The Morgan fingerprint density at radius 1 is 1.32 bits per heavy atom. The number of amides is 1. The van der Waals surface area contributed by atoms with Gasteiger partial charge in [-0.15, -0.1) is 5.73 Å². The average molecular weight is 269 g/mol. The number of carbonyl (C=O) groups is 3. The lowest BCUT2D eigenvalue weighted by Gasteiger charge is -2.15. The molecule has 0 aliphatic rings. The van der Waals surface area contributed by atoms with Crippen LogP contribution in [0.1, 0.15) is 25.7 Å². The molecule has 1 atom stereocenters. The molecule has 0 spiro atoms. The van der Waals surface area contributed by atoms with E-state index in [0.717, 1.165) is 0 Å². The van der Waals surface area contributed by atoms with E-state index in [1.807, 2.05) is 0 Å². The van der Waals surface area contributed by atoms with Gasteiger partial charge in [0.05, 0.1) is 14.2 Å². The number of carbonyl (C=O) groups excluding carboxylic acids is 3. The van der Waals surface area contributed by atoms with Gasteiger partial charge in [-0.05, 0) is 25.3 Å². The van der Waals surface area contributed by atoms with Crippen LogP contribution in [0.4, 0.5) is 0 Å². The number of ether oxygens (including phenoxy) is 2. The van der Waals surface area contributed by atoms with E-state index >= 15 is 0 Å². The lowest BCUT2D eigenvalue weighted by Crippen LogP contribution is -2.42. The maximum absolute atomic E-state index is 11.5. The Morgan fingerprint density at radius 2 is 2.00 bits per heavy atom. The van der Waals surface area contributed by atoms with Gasteiger partial charge in [0.25, 0.3) is 0 Å². The van der Waals surface area contributed by atoms with Crippen LogP contribution in [0.2, 0.25) is 0 Å². The summed E-state index contributed by atoms with van der Waals surface area (Å²) < 4.78 is 8.96. The molecule has 0 bridgehead atoms. The predicted molar refractivity (Wildman–Crippen MR) is 68.1 cm³/mol. The van der Waals surface area contributed by atoms with Crippen LogP contribution >= 0.6 is 0 Å². The zero-order valence-electron chi connectivity index (χ0n) is 11.2. The molecular formula is C13H19NO5. The molecule has 0 fully saturated rings. The van der Waals surface area contributed by atoms with Crippen molar-refractivity contribution in [1.82, 2.24) is 5.32 Å². The third kappa shape index (κ3) is 7.78. The first kappa shape index (κ1) is 16.9. The highest BCUT2D eigenvalue weighted by molar-refractivity contribution is 5.96. The van der Waals surface area contributed by atoms with Gasteiger partial charge >= 0.3 is 11.9 Å². The molecule has 1 N–H and O–H groups in total. The van der Waals surface area contributed by atoms with Crippen molar-refractivity contribution in [3.05, 3.63) is 18.4 Å². The van der Waals surface area contributed by atoms with Gasteiger partial charge in [0, 0.05) is 0 Å². The monoisotopic (exact) mass is 269 g/mol. The highest BCUT2D eigenvalue weighted by Crippen LogP contribution is 2.04. The summed E-state index contributed by atoms with van der Waals surface area (Å²) in [6.07, 6.45) is 3.10. The topological polar surface area (TPSA) is 81.7 Å². The van der Waals surface area contributed by atoms with Gasteiger partial charge < -0.3 is 14.8 Å². The van der Waals surface area contributed by atoms with Crippen LogP contribution in [0.5, 0.6) is 0 Å². The number of methoxy groups -OCH3 is 2. The Bertz CT molecular complexity index is 371. The molecule has 0 saturated carbocycles. The second-order valence-electron chi connectivity index (χ2n) is 3.74. The van der Waals surface area contributed by atoms with Gasteiger partial charge in [0.15, 0.2) is 0 Å². The number of nitrogens with one attached hydrogen (secondary N) is 1. The van der Waals surface area contributed by atoms with Crippen molar-refractivity contribution >= 4 is 17.8 Å². The third-order valence-electron chi connectivity index (χ3n) is 2.34.